The van der Waals surface area contributed by atoms with Crippen molar-refractivity contribution in [2.75, 3.05) is 0 Å². The molecular formula is C7H6N2O4. The number of carbonyl (C=O) groups is 2. The number of hydrogen-bond donors (Lipinski definition) is 2. The minimum atomic E-state index is -1.23. The second-order valence-electron chi connectivity index (χ2n) is 2.27. The predicted molar refractivity (Wildman–Crippen MR) is 42.6 cm³/mol. The Morgan fingerprint density at radius 2 is 2.00 bits per heavy atom. The average Bonchev–Trinajstić information content (AvgIpc) is 2.04. The normalized spacial score (nSPS) is 9.54. The van der Waals surface area contributed by atoms with Crippen LogP contribution >= 0.6 is 0 Å². The van der Waals surface area contributed by atoms with Gasteiger partial charge < -0.3 is 10.8 Å². The highest BCUT2D eigenvalue weighted by atomic mass is 16.4. The predicted octanol–water partition coefficient (Wildman–Crippen LogP) is -0.527. The van der Waals surface area contributed by atoms with E-state index >= 15 is 0 Å². The van der Waals surface area contributed by atoms with Crippen LogP contribution in [0.5, 0.6) is 0 Å². The molecule has 0 fully saturated rings. The number of amides is 1. The first kappa shape index (κ1) is 8.98. The number of aromatic carboxylic acids is 1. The number of carbonyl (C=O) groups excluding carboxylic acids is 1. The van der Waals surface area contributed by atoms with Crippen molar-refractivity contribution in [1.82, 2.24) is 4.57 Å². The lowest BCUT2D eigenvalue weighted by molar-refractivity contribution is 0.0696. The summed E-state index contributed by atoms with van der Waals surface area (Å²) in [6.45, 7) is 0. The molecule has 3 N–H and O–H groups in total. The molecule has 0 unspecified atom stereocenters. The van der Waals surface area contributed by atoms with Gasteiger partial charge in [-0.05, 0) is 6.07 Å². The maximum atomic E-state index is 10.9. The zero-order valence-electron chi connectivity index (χ0n) is 6.43. The molecule has 0 aliphatic rings. The lowest BCUT2D eigenvalue weighted by atomic mass is 10.3. The monoisotopic (exact) mass is 182 g/mol. The van der Waals surface area contributed by atoms with Gasteiger partial charge in [0.2, 0.25) is 0 Å². The Bertz CT molecular complexity index is 421. The largest absolute Gasteiger partial charge is 0.478 e. The minimum absolute atomic E-state index is 0.168. The summed E-state index contributed by atoms with van der Waals surface area (Å²) in [5.74, 6) is -1.23. The molecule has 1 aromatic heterocycles. The zero-order chi connectivity index (χ0) is 10.0. The molecule has 0 radical (unpaired) electrons. The molecule has 0 aliphatic heterocycles. The number of hydrogen-bond acceptors (Lipinski definition) is 3. The van der Waals surface area contributed by atoms with Crippen molar-refractivity contribution in [3.63, 3.8) is 0 Å². The van der Waals surface area contributed by atoms with E-state index in [4.69, 9.17) is 10.8 Å². The summed E-state index contributed by atoms with van der Waals surface area (Å²) in [6.07, 6.45) is 0.882. The second kappa shape index (κ2) is 3.10. The van der Waals surface area contributed by atoms with Crippen LogP contribution in [-0.2, 0) is 0 Å². The van der Waals surface area contributed by atoms with Crippen molar-refractivity contribution in [1.29, 1.82) is 0 Å². The number of aromatic nitrogens is 1. The van der Waals surface area contributed by atoms with Gasteiger partial charge in [-0.15, -0.1) is 0 Å². The topological polar surface area (TPSA) is 102 Å². The Kier molecular flexibility index (Phi) is 2.14. The molecule has 0 atom stereocenters. The quantitative estimate of drug-likeness (QED) is 0.609. The molecule has 6 heteroatoms. The van der Waals surface area contributed by atoms with Gasteiger partial charge in [-0.3, -0.25) is 4.79 Å². The van der Waals surface area contributed by atoms with Crippen LogP contribution in [0.2, 0.25) is 0 Å². The fourth-order valence-corrected chi connectivity index (χ4v) is 0.786. The molecule has 6 nitrogen and oxygen atoms in total. The van der Waals surface area contributed by atoms with Crippen LogP contribution in [0.1, 0.15) is 10.4 Å². The van der Waals surface area contributed by atoms with Gasteiger partial charge in [0.1, 0.15) is 0 Å². The van der Waals surface area contributed by atoms with E-state index in [1.165, 1.54) is 0 Å². The molecule has 0 spiro atoms. The molecule has 1 amide bonds. The lowest BCUT2D eigenvalue weighted by Gasteiger charge is -1.99. The van der Waals surface area contributed by atoms with E-state index in [2.05, 4.69) is 0 Å². The maximum Gasteiger partial charge on any atom is 0.337 e. The molecule has 13 heavy (non-hydrogen) atoms. The van der Waals surface area contributed by atoms with Crippen LogP contribution in [0.4, 0.5) is 4.79 Å². The van der Waals surface area contributed by atoms with Gasteiger partial charge in [0, 0.05) is 12.3 Å². The lowest BCUT2D eigenvalue weighted by Crippen LogP contribution is -2.31. The second-order valence-corrected chi connectivity index (χ2v) is 2.27. The Morgan fingerprint density at radius 1 is 1.38 bits per heavy atom. The highest BCUT2D eigenvalue weighted by molar-refractivity contribution is 5.88. The molecule has 0 saturated heterocycles. The van der Waals surface area contributed by atoms with Gasteiger partial charge in [0.05, 0.1) is 5.56 Å². The summed E-state index contributed by atoms with van der Waals surface area (Å²) in [4.78, 5) is 31.9. The number of pyridine rings is 1. The number of carboxylic acids is 1. The summed E-state index contributed by atoms with van der Waals surface area (Å²) in [5, 5.41) is 8.51. The minimum Gasteiger partial charge on any atom is -0.478 e. The van der Waals surface area contributed by atoms with Crippen LogP contribution in [0.3, 0.4) is 0 Å². The fraction of sp³-hybridized carbons (Fsp3) is 0. The van der Waals surface area contributed by atoms with E-state index in [0.717, 1.165) is 18.3 Å². The molecule has 0 aromatic carbocycles. The zero-order valence-corrected chi connectivity index (χ0v) is 6.43. The van der Waals surface area contributed by atoms with Gasteiger partial charge in [-0.25, -0.2) is 14.2 Å². The number of nitrogens with zero attached hydrogens (tertiary/aromatic N) is 1. The summed E-state index contributed by atoms with van der Waals surface area (Å²) in [5.41, 5.74) is 3.99. The molecule has 1 rings (SSSR count). The first-order chi connectivity index (χ1) is 6.02. The van der Waals surface area contributed by atoms with Crippen LogP contribution < -0.4 is 11.3 Å². The molecule has 0 saturated carbocycles. The molecular weight excluding hydrogens is 176 g/mol. The third-order valence-electron chi connectivity index (χ3n) is 1.40. The van der Waals surface area contributed by atoms with Crippen molar-refractivity contribution >= 4 is 12.0 Å². The van der Waals surface area contributed by atoms with E-state index in [0.29, 0.717) is 4.57 Å². The van der Waals surface area contributed by atoms with Gasteiger partial charge in [0.15, 0.2) is 0 Å². The van der Waals surface area contributed by atoms with E-state index in [1.807, 2.05) is 0 Å². The van der Waals surface area contributed by atoms with Gasteiger partial charge >= 0.3 is 12.0 Å². The molecule has 1 heterocycles. The van der Waals surface area contributed by atoms with E-state index in [-0.39, 0.29) is 5.56 Å². The number of rotatable bonds is 1. The molecule has 68 valence electrons. The van der Waals surface area contributed by atoms with Crippen LogP contribution in [0.25, 0.3) is 0 Å². The summed E-state index contributed by atoms with van der Waals surface area (Å²) in [6, 6.07) is 1.06. The van der Waals surface area contributed by atoms with E-state index in [9.17, 15) is 14.4 Å². The summed E-state index contributed by atoms with van der Waals surface area (Å²) < 4.78 is 0.531. The van der Waals surface area contributed by atoms with Crippen molar-refractivity contribution in [3.8, 4) is 0 Å². The molecule has 0 bridgehead atoms. The molecule has 0 aliphatic carbocycles. The van der Waals surface area contributed by atoms with Crippen LogP contribution in [0.15, 0.2) is 23.1 Å². The highest BCUT2D eigenvalue weighted by Crippen LogP contribution is 1.94. The Morgan fingerprint density at radius 3 is 2.46 bits per heavy atom. The number of primary amides is 1. The van der Waals surface area contributed by atoms with Gasteiger partial charge in [-0.1, -0.05) is 0 Å². The van der Waals surface area contributed by atoms with Crippen molar-refractivity contribution in [3.05, 3.63) is 34.2 Å². The van der Waals surface area contributed by atoms with Gasteiger partial charge in [0.25, 0.3) is 5.56 Å². The van der Waals surface area contributed by atoms with Crippen molar-refractivity contribution < 1.29 is 14.7 Å². The average molecular weight is 182 g/mol. The highest BCUT2D eigenvalue weighted by Gasteiger charge is 2.07. The smallest absolute Gasteiger partial charge is 0.337 e. The fourth-order valence-electron chi connectivity index (χ4n) is 0.786. The third kappa shape index (κ3) is 1.73. The standard InChI is InChI=1S/C7H6N2O4/c8-7(13)9-3-4(6(11)12)1-2-5(9)10/h1-3H,(H2,8,13)(H,11,12). The Labute approximate surface area is 72.2 Å². The molecule has 1 aromatic rings. The first-order valence-electron chi connectivity index (χ1n) is 3.28. The van der Waals surface area contributed by atoms with Crippen LogP contribution in [0, 0.1) is 0 Å². The SMILES string of the molecule is NC(=O)n1cc(C(=O)O)ccc1=O. The first-order valence-corrected chi connectivity index (χ1v) is 3.28. The number of nitrogens with two attached hydrogens (primary N) is 1. The Balaban J connectivity index is 3.35. The van der Waals surface area contributed by atoms with Gasteiger partial charge in [-0.2, -0.15) is 0 Å². The maximum absolute atomic E-state index is 10.9. The number of carboxylic acid groups (broad SMARTS) is 1. The summed E-state index contributed by atoms with van der Waals surface area (Å²) >= 11 is 0. The van der Waals surface area contributed by atoms with Crippen LogP contribution in [-0.4, -0.2) is 21.7 Å². The van der Waals surface area contributed by atoms with E-state index in [1.54, 1.807) is 0 Å². The summed E-state index contributed by atoms with van der Waals surface area (Å²) in [7, 11) is 0. The van der Waals surface area contributed by atoms with Crippen molar-refractivity contribution in [2.24, 2.45) is 5.73 Å². The van der Waals surface area contributed by atoms with E-state index < -0.39 is 17.6 Å². The third-order valence-corrected chi connectivity index (χ3v) is 1.40. The Hall–Kier alpha value is -2.11. The van der Waals surface area contributed by atoms with Crippen molar-refractivity contribution in [2.45, 2.75) is 0 Å².